The van der Waals surface area contributed by atoms with Crippen LogP contribution in [0.3, 0.4) is 0 Å². The van der Waals surface area contributed by atoms with Gasteiger partial charge in [0.05, 0.1) is 11.7 Å². The third kappa shape index (κ3) is 2.80. The number of rotatable bonds is 6. The van der Waals surface area contributed by atoms with E-state index in [-0.39, 0.29) is 23.7 Å². The number of carbonyl (C=O) groups excluding carboxylic acids is 1. The summed E-state index contributed by atoms with van der Waals surface area (Å²) in [5, 5.41) is 3.46. The SMILES string of the molecule is CCC1NC(C)(CC)C(=O)N1C(C)CCOC. The molecule has 1 aliphatic heterocycles. The van der Waals surface area contributed by atoms with Crippen LogP contribution in [0.5, 0.6) is 0 Å². The van der Waals surface area contributed by atoms with E-state index in [1.807, 2.05) is 11.8 Å². The molecule has 1 fully saturated rings. The van der Waals surface area contributed by atoms with E-state index in [1.165, 1.54) is 0 Å². The zero-order valence-corrected chi connectivity index (χ0v) is 11.7. The first-order valence-electron chi connectivity index (χ1n) is 6.59. The molecule has 1 aliphatic rings. The molecule has 1 saturated heterocycles. The average Bonchev–Trinajstić information content (AvgIpc) is 2.59. The zero-order chi connectivity index (χ0) is 13.1. The van der Waals surface area contributed by atoms with Crippen LogP contribution in [0.15, 0.2) is 0 Å². The number of amides is 1. The van der Waals surface area contributed by atoms with E-state index in [4.69, 9.17) is 4.74 Å². The van der Waals surface area contributed by atoms with Gasteiger partial charge in [0.25, 0.3) is 0 Å². The summed E-state index contributed by atoms with van der Waals surface area (Å²) in [6, 6.07) is 0.230. The Kier molecular flexibility index (Phi) is 4.95. The molecule has 4 heteroatoms. The fourth-order valence-corrected chi connectivity index (χ4v) is 2.41. The Balaban J connectivity index is 2.78. The Morgan fingerprint density at radius 3 is 2.65 bits per heavy atom. The molecular weight excluding hydrogens is 216 g/mol. The van der Waals surface area contributed by atoms with Gasteiger partial charge in [-0.1, -0.05) is 13.8 Å². The highest BCUT2D eigenvalue weighted by Crippen LogP contribution is 2.27. The summed E-state index contributed by atoms with van der Waals surface area (Å²) in [6.07, 6.45) is 2.83. The van der Waals surface area contributed by atoms with Crippen LogP contribution in [0.2, 0.25) is 0 Å². The summed E-state index contributed by atoms with van der Waals surface area (Å²) < 4.78 is 5.10. The Hall–Kier alpha value is -0.610. The van der Waals surface area contributed by atoms with Crippen LogP contribution in [0, 0.1) is 0 Å². The Morgan fingerprint density at radius 1 is 1.53 bits per heavy atom. The molecule has 0 aliphatic carbocycles. The number of nitrogens with zero attached hydrogens (tertiary/aromatic N) is 1. The van der Waals surface area contributed by atoms with Crippen molar-refractivity contribution >= 4 is 5.91 Å². The van der Waals surface area contributed by atoms with Gasteiger partial charge < -0.3 is 9.64 Å². The van der Waals surface area contributed by atoms with Crippen molar-refractivity contribution in [2.24, 2.45) is 0 Å². The number of carbonyl (C=O) groups is 1. The smallest absolute Gasteiger partial charge is 0.244 e. The second kappa shape index (κ2) is 5.83. The molecule has 0 aromatic rings. The second-order valence-corrected chi connectivity index (χ2v) is 5.10. The Bertz CT molecular complexity index is 270. The number of methoxy groups -OCH3 is 1. The molecule has 1 rings (SSSR count). The van der Waals surface area contributed by atoms with Gasteiger partial charge in [-0.15, -0.1) is 0 Å². The highest BCUT2D eigenvalue weighted by atomic mass is 16.5. The van der Waals surface area contributed by atoms with Gasteiger partial charge in [0, 0.05) is 19.8 Å². The maximum atomic E-state index is 12.5. The lowest BCUT2D eigenvalue weighted by Crippen LogP contribution is -2.44. The minimum Gasteiger partial charge on any atom is -0.385 e. The lowest BCUT2D eigenvalue weighted by Gasteiger charge is -2.29. The van der Waals surface area contributed by atoms with Crippen molar-refractivity contribution in [1.29, 1.82) is 0 Å². The van der Waals surface area contributed by atoms with E-state index < -0.39 is 0 Å². The van der Waals surface area contributed by atoms with Crippen molar-refractivity contribution in [1.82, 2.24) is 10.2 Å². The minimum atomic E-state index is -0.387. The molecule has 1 N–H and O–H groups in total. The molecule has 0 aromatic heterocycles. The van der Waals surface area contributed by atoms with Crippen molar-refractivity contribution in [3.63, 3.8) is 0 Å². The quantitative estimate of drug-likeness (QED) is 0.771. The van der Waals surface area contributed by atoms with Gasteiger partial charge in [-0.25, -0.2) is 0 Å². The Labute approximate surface area is 105 Å². The molecule has 0 bridgehead atoms. The van der Waals surface area contributed by atoms with Gasteiger partial charge in [0.15, 0.2) is 0 Å². The standard InChI is InChI=1S/C13H26N2O2/c1-6-11-14-13(4,7-2)12(16)15(11)10(3)8-9-17-5/h10-11,14H,6-9H2,1-5H3. The van der Waals surface area contributed by atoms with Gasteiger partial charge in [-0.05, 0) is 33.1 Å². The number of nitrogens with one attached hydrogen (secondary N) is 1. The molecule has 0 radical (unpaired) electrons. The lowest BCUT2D eigenvalue weighted by molar-refractivity contribution is -0.135. The van der Waals surface area contributed by atoms with Gasteiger partial charge in [0.1, 0.15) is 0 Å². The van der Waals surface area contributed by atoms with Crippen LogP contribution in [0.25, 0.3) is 0 Å². The van der Waals surface area contributed by atoms with Crippen molar-refractivity contribution < 1.29 is 9.53 Å². The third-order valence-electron chi connectivity index (χ3n) is 3.84. The summed E-state index contributed by atoms with van der Waals surface area (Å²) in [6.45, 7) is 8.97. The molecule has 0 aromatic carbocycles. The molecule has 100 valence electrons. The largest absolute Gasteiger partial charge is 0.385 e. The first-order chi connectivity index (χ1) is 8.00. The van der Waals surface area contributed by atoms with E-state index in [0.29, 0.717) is 6.61 Å². The van der Waals surface area contributed by atoms with Crippen molar-refractivity contribution in [2.45, 2.75) is 64.7 Å². The molecule has 1 amide bonds. The number of hydrogen-bond acceptors (Lipinski definition) is 3. The summed E-state index contributed by atoms with van der Waals surface area (Å²) in [5.74, 6) is 0.232. The predicted octanol–water partition coefficient (Wildman–Crippen LogP) is 1.75. The second-order valence-electron chi connectivity index (χ2n) is 5.10. The predicted molar refractivity (Wildman–Crippen MR) is 68.7 cm³/mol. The number of hydrogen-bond donors (Lipinski definition) is 1. The van der Waals surface area contributed by atoms with Gasteiger partial charge >= 0.3 is 0 Å². The monoisotopic (exact) mass is 242 g/mol. The molecule has 3 atom stereocenters. The van der Waals surface area contributed by atoms with Crippen molar-refractivity contribution in [3.05, 3.63) is 0 Å². The van der Waals surface area contributed by atoms with E-state index in [1.54, 1.807) is 7.11 Å². The summed E-state index contributed by atoms with van der Waals surface area (Å²) >= 11 is 0. The van der Waals surface area contributed by atoms with Crippen LogP contribution in [-0.2, 0) is 9.53 Å². The van der Waals surface area contributed by atoms with Crippen LogP contribution in [0.1, 0.15) is 47.0 Å². The fourth-order valence-electron chi connectivity index (χ4n) is 2.41. The summed E-state index contributed by atoms with van der Waals surface area (Å²) in [4.78, 5) is 14.5. The van der Waals surface area contributed by atoms with Gasteiger partial charge in [0.2, 0.25) is 5.91 Å². The fraction of sp³-hybridized carbons (Fsp3) is 0.923. The normalized spacial score (nSPS) is 31.0. The molecular formula is C13H26N2O2. The molecule has 0 saturated carbocycles. The van der Waals surface area contributed by atoms with Crippen molar-refractivity contribution in [3.8, 4) is 0 Å². The highest BCUT2D eigenvalue weighted by molar-refractivity contribution is 5.88. The van der Waals surface area contributed by atoms with E-state index in [0.717, 1.165) is 19.3 Å². The maximum absolute atomic E-state index is 12.5. The first-order valence-corrected chi connectivity index (χ1v) is 6.59. The topological polar surface area (TPSA) is 41.6 Å². The molecule has 1 heterocycles. The van der Waals surface area contributed by atoms with Crippen LogP contribution < -0.4 is 5.32 Å². The van der Waals surface area contributed by atoms with E-state index in [2.05, 4.69) is 26.1 Å². The average molecular weight is 242 g/mol. The zero-order valence-electron chi connectivity index (χ0n) is 11.7. The third-order valence-corrected chi connectivity index (χ3v) is 3.84. The molecule has 4 nitrogen and oxygen atoms in total. The van der Waals surface area contributed by atoms with Crippen LogP contribution >= 0.6 is 0 Å². The van der Waals surface area contributed by atoms with Gasteiger partial charge in [-0.2, -0.15) is 0 Å². The highest BCUT2D eigenvalue weighted by Gasteiger charge is 2.47. The summed E-state index contributed by atoms with van der Waals surface area (Å²) in [7, 11) is 1.70. The number of ether oxygens (including phenoxy) is 1. The lowest BCUT2D eigenvalue weighted by atomic mass is 9.99. The molecule has 0 spiro atoms. The van der Waals surface area contributed by atoms with E-state index in [9.17, 15) is 4.79 Å². The van der Waals surface area contributed by atoms with E-state index >= 15 is 0 Å². The first kappa shape index (κ1) is 14.5. The maximum Gasteiger partial charge on any atom is 0.244 e. The van der Waals surface area contributed by atoms with Crippen molar-refractivity contribution in [2.75, 3.05) is 13.7 Å². The summed E-state index contributed by atoms with van der Waals surface area (Å²) in [5.41, 5.74) is -0.387. The molecule has 3 unspecified atom stereocenters. The van der Waals surface area contributed by atoms with Gasteiger partial charge in [-0.3, -0.25) is 10.1 Å². The van der Waals surface area contributed by atoms with Crippen LogP contribution in [-0.4, -0.2) is 42.3 Å². The van der Waals surface area contributed by atoms with Crippen LogP contribution in [0.4, 0.5) is 0 Å². The Morgan fingerprint density at radius 2 is 2.18 bits per heavy atom. The minimum absolute atomic E-state index is 0.166. The molecule has 17 heavy (non-hydrogen) atoms.